The molecule has 1 heterocycles. The number of pyridine rings is 1. The van der Waals surface area contributed by atoms with E-state index in [1.54, 1.807) is 23.6 Å². The molecule has 2 N–H and O–H groups in total. The number of rotatable bonds is 7. The van der Waals surface area contributed by atoms with Crippen LogP contribution in [0.5, 0.6) is 0 Å². The Labute approximate surface area is 185 Å². The van der Waals surface area contributed by atoms with Crippen LogP contribution in [0.15, 0.2) is 71.8 Å². The monoisotopic (exact) mass is 437 g/mol. The number of carbonyl (C=O) groups is 2. The van der Waals surface area contributed by atoms with Crippen molar-refractivity contribution in [3.63, 3.8) is 0 Å². The molecule has 31 heavy (non-hydrogen) atoms. The van der Waals surface area contributed by atoms with Gasteiger partial charge < -0.3 is 15.2 Å². The third-order valence-electron chi connectivity index (χ3n) is 5.02. The molecule has 3 aromatic rings. The van der Waals surface area contributed by atoms with Crippen molar-refractivity contribution in [3.05, 3.63) is 104 Å². The summed E-state index contributed by atoms with van der Waals surface area (Å²) in [5, 5.41) is 5.80. The van der Waals surface area contributed by atoms with Crippen LogP contribution in [-0.2, 0) is 13.0 Å². The molecular formula is C24H24ClN3O3. The highest BCUT2D eigenvalue weighted by atomic mass is 35.5. The van der Waals surface area contributed by atoms with E-state index in [9.17, 15) is 14.4 Å². The quantitative estimate of drug-likeness (QED) is 0.592. The zero-order chi connectivity index (χ0) is 22.4. The van der Waals surface area contributed by atoms with Gasteiger partial charge >= 0.3 is 0 Å². The van der Waals surface area contributed by atoms with Gasteiger partial charge in [0, 0.05) is 31.0 Å². The molecule has 0 saturated carbocycles. The number of benzene rings is 2. The van der Waals surface area contributed by atoms with Gasteiger partial charge in [0.1, 0.15) is 11.1 Å². The lowest BCUT2D eigenvalue weighted by Gasteiger charge is -2.17. The van der Waals surface area contributed by atoms with E-state index < -0.39 is 23.3 Å². The molecule has 0 saturated heterocycles. The van der Waals surface area contributed by atoms with Crippen molar-refractivity contribution in [3.8, 4) is 0 Å². The lowest BCUT2D eigenvalue weighted by Crippen LogP contribution is -2.35. The SMILES string of the molecule is CNC(=O)c1cn(CCc2ccccc2)cc(C(=O)NC(C)c2ccccc2Cl)c1=O. The number of aryl methyl sites for hydroxylation is 2. The minimum absolute atomic E-state index is 0.0754. The summed E-state index contributed by atoms with van der Waals surface area (Å²) in [7, 11) is 1.45. The molecule has 1 unspecified atom stereocenters. The summed E-state index contributed by atoms with van der Waals surface area (Å²) in [5.74, 6) is -1.09. The van der Waals surface area contributed by atoms with Crippen molar-refractivity contribution in [2.24, 2.45) is 0 Å². The van der Waals surface area contributed by atoms with Gasteiger partial charge in [-0.05, 0) is 30.5 Å². The smallest absolute Gasteiger partial charge is 0.257 e. The molecular weight excluding hydrogens is 414 g/mol. The van der Waals surface area contributed by atoms with Crippen molar-refractivity contribution < 1.29 is 9.59 Å². The Kier molecular flexibility index (Phi) is 7.26. The van der Waals surface area contributed by atoms with Gasteiger partial charge in [-0.15, -0.1) is 0 Å². The van der Waals surface area contributed by atoms with Crippen LogP contribution in [0.2, 0.25) is 5.02 Å². The van der Waals surface area contributed by atoms with Gasteiger partial charge in [-0.2, -0.15) is 0 Å². The molecule has 2 aromatic carbocycles. The van der Waals surface area contributed by atoms with Gasteiger partial charge in [-0.25, -0.2) is 0 Å². The number of hydrogen-bond donors (Lipinski definition) is 2. The Morgan fingerprint density at radius 1 is 0.968 bits per heavy atom. The molecule has 7 heteroatoms. The van der Waals surface area contributed by atoms with Crippen LogP contribution < -0.4 is 16.1 Å². The molecule has 6 nitrogen and oxygen atoms in total. The highest BCUT2D eigenvalue weighted by Crippen LogP contribution is 2.22. The minimum atomic E-state index is -0.612. The molecule has 3 rings (SSSR count). The average Bonchev–Trinajstić information content (AvgIpc) is 2.78. The first-order valence-electron chi connectivity index (χ1n) is 9.96. The number of hydrogen-bond acceptors (Lipinski definition) is 3. The second kappa shape index (κ2) is 10.1. The number of aromatic nitrogens is 1. The second-order valence-corrected chi connectivity index (χ2v) is 7.59. The number of nitrogens with zero attached hydrogens (tertiary/aromatic N) is 1. The Morgan fingerprint density at radius 2 is 1.58 bits per heavy atom. The minimum Gasteiger partial charge on any atom is -0.355 e. The first kappa shape index (κ1) is 22.3. The maximum absolute atomic E-state index is 13.0. The maximum atomic E-state index is 13.0. The van der Waals surface area contributed by atoms with Gasteiger partial charge in [0.2, 0.25) is 5.43 Å². The summed E-state index contributed by atoms with van der Waals surface area (Å²) < 4.78 is 1.70. The van der Waals surface area contributed by atoms with E-state index in [2.05, 4.69) is 10.6 Å². The third kappa shape index (κ3) is 5.41. The molecule has 0 aliphatic rings. The number of halogens is 1. The average molecular weight is 438 g/mol. The summed E-state index contributed by atoms with van der Waals surface area (Å²) in [6.07, 6.45) is 3.67. The Bertz CT molecular complexity index is 1140. The fraction of sp³-hybridized carbons (Fsp3) is 0.208. The van der Waals surface area contributed by atoms with Crippen LogP contribution in [0.25, 0.3) is 0 Å². The van der Waals surface area contributed by atoms with Crippen molar-refractivity contribution in [2.45, 2.75) is 25.9 Å². The third-order valence-corrected chi connectivity index (χ3v) is 5.36. The number of nitrogens with one attached hydrogen (secondary N) is 2. The maximum Gasteiger partial charge on any atom is 0.257 e. The highest BCUT2D eigenvalue weighted by molar-refractivity contribution is 6.31. The van der Waals surface area contributed by atoms with Crippen LogP contribution in [-0.4, -0.2) is 23.4 Å². The molecule has 2 amide bonds. The zero-order valence-corrected chi connectivity index (χ0v) is 18.1. The molecule has 0 aliphatic heterocycles. The van der Waals surface area contributed by atoms with E-state index in [0.717, 1.165) is 11.1 Å². The van der Waals surface area contributed by atoms with Gasteiger partial charge in [0.05, 0.1) is 6.04 Å². The predicted octanol–water partition coefficient (Wildman–Crippen LogP) is 3.60. The Balaban J connectivity index is 1.90. The first-order chi connectivity index (χ1) is 14.9. The van der Waals surface area contributed by atoms with E-state index in [1.807, 2.05) is 42.5 Å². The molecule has 1 atom stereocenters. The highest BCUT2D eigenvalue weighted by Gasteiger charge is 2.21. The summed E-state index contributed by atoms with van der Waals surface area (Å²) in [6, 6.07) is 16.6. The van der Waals surface area contributed by atoms with Crippen LogP contribution in [0.3, 0.4) is 0 Å². The van der Waals surface area contributed by atoms with Crippen molar-refractivity contribution in [1.82, 2.24) is 15.2 Å². The Hall–Kier alpha value is -3.38. The van der Waals surface area contributed by atoms with Crippen molar-refractivity contribution in [2.75, 3.05) is 7.05 Å². The largest absolute Gasteiger partial charge is 0.355 e. The summed E-state index contributed by atoms with van der Waals surface area (Å²) in [5.41, 5.74) is 1.08. The van der Waals surface area contributed by atoms with E-state index in [4.69, 9.17) is 11.6 Å². The van der Waals surface area contributed by atoms with Gasteiger partial charge in [0.15, 0.2) is 0 Å². The molecule has 1 aromatic heterocycles. The summed E-state index contributed by atoms with van der Waals surface area (Å²) in [4.78, 5) is 38.1. The number of carbonyl (C=O) groups excluding carboxylic acids is 2. The van der Waals surface area contributed by atoms with Gasteiger partial charge in [-0.1, -0.05) is 60.1 Å². The Morgan fingerprint density at radius 3 is 2.23 bits per heavy atom. The molecule has 0 aliphatic carbocycles. The van der Waals surface area contributed by atoms with Crippen molar-refractivity contribution >= 4 is 23.4 Å². The van der Waals surface area contributed by atoms with Gasteiger partial charge in [-0.3, -0.25) is 14.4 Å². The molecule has 0 spiro atoms. The zero-order valence-electron chi connectivity index (χ0n) is 17.4. The molecule has 0 radical (unpaired) electrons. The van der Waals surface area contributed by atoms with Crippen LogP contribution in [0.1, 0.15) is 44.8 Å². The lowest BCUT2D eigenvalue weighted by molar-refractivity contribution is 0.0938. The van der Waals surface area contributed by atoms with Crippen LogP contribution in [0, 0.1) is 0 Å². The second-order valence-electron chi connectivity index (χ2n) is 7.18. The fourth-order valence-corrected chi connectivity index (χ4v) is 3.60. The van der Waals surface area contributed by atoms with E-state index in [1.165, 1.54) is 19.4 Å². The van der Waals surface area contributed by atoms with E-state index in [-0.39, 0.29) is 11.1 Å². The molecule has 160 valence electrons. The molecule has 0 bridgehead atoms. The van der Waals surface area contributed by atoms with E-state index >= 15 is 0 Å². The summed E-state index contributed by atoms with van der Waals surface area (Å²) in [6.45, 7) is 2.30. The normalized spacial score (nSPS) is 11.6. The molecule has 0 fully saturated rings. The topological polar surface area (TPSA) is 80.2 Å². The first-order valence-corrected chi connectivity index (χ1v) is 10.3. The lowest BCUT2D eigenvalue weighted by atomic mass is 10.1. The summed E-state index contributed by atoms with van der Waals surface area (Å²) >= 11 is 6.22. The van der Waals surface area contributed by atoms with Crippen LogP contribution in [0.4, 0.5) is 0 Å². The van der Waals surface area contributed by atoms with Crippen molar-refractivity contribution in [1.29, 1.82) is 0 Å². The fourth-order valence-electron chi connectivity index (χ4n) is 3.30. The van der Waals surface area contributed by atoms with Gasteiger partial charge in [0.25, 0.3) is 11.8 Å². The number of amides is 2. The van der Waals surface area contributed by atoms with Crippen LogP contribution >= 0.6 is 11.6 Å². The standard InChI is InChI=1S/C24H24ClN3O3/c1-16(18-10-6-7-11-21(18)25)27-24(31)20-15-28(13-12-17-8-4-3-5-9-17)14-19(22(20)29)23(30)26-2/h3-11,14-16H,12-13H2,1-2H3,(H,26,30)(H,27,31). The van der Waals surface area contributed by atoms with E-state index in [0.29, 0.717) is 18.0 Å². The predicted molar refractivity (Wildman–Crippen MR) is 122 cm³/mol.